The molecule has 0 atom stereocenters. The first-order valence-corrected chi connectivity index (χ1v) is 6.68. The number of hydrogen-bond donors (Lipinski definition) is 2. The van der Waals surface area contributed by atoms with E-state index in [1.165, 1.54) is 0 Å². The molecule has 0 unspecified atom stereocenters. The Morgan fingerprint density at radius 3 is 2.48 bits per heavy atom. The van der Waals surface area contributed by atoms with E-state index in [9.17, 15) is 22.4 Å². The molecule has 0 saturated heterocycles. The minimum absolute atomic E-state index is 0.0723. The zero-order valence-corrected chi connectivity index (χ0v) is 12.1. The Morgan fingerprint density at radius 2 is 1.87 bits per heavy atom. The monoisotopic (exact) mass is 330 g/mol. The molecule has 5 nitrogen and oxygen atoms in total. The van der Waals surface area contributed by atoms with Gasteiger partial charge in [-0.2, -0.15) is 13.9 Å². The molecule has 0 spiro atoms. The number of aromatic nitrogens is 3. The van der Waals surface area contributed by atoms with Crippen molar-refractivity contribution in [2.45, 2.75) is 31.7 Å². The third-order valence-electron chi connectivity index (χ3n) is 3.04. The average molecular weight is 330 g/mol. The lowest BCUT2D eigenvalue weighted by molar-refractivity contribution is -0.201. The predicted octanol–water partition coefficient (Wildman–Crippen LogP) is 2.77. The van der Waals surface area contributed by atoms with E-state index in [0.29, 0.717) is 5.82 Å². The van der Waals surface area contributed by atoms with Crippen molar-refractivity contribution in [1.82, 2.24) is 20.5 Å². The highest BCUT2D eigenvalue weighted by Crippen LogP contribution is 2.36. The van der Waals surface area contributed by atoms with Crippen molar-refractivity contribution in [3.05, 3.63) is 36.2 Å². The first-order valence-electron chi connectivity index (χ1n) is 6.68. The summed E-state index contributed by atoms with van der Waals surface area (Å²) in [6.07, 6.45) is -1.60. The summed E-state index contributed by atoms with van der Waals surface area (Å²) in [5, 5.41) is 8.57. The van der Waals surface area contributed by atoms with Crippen LogP contribution in [0.1, 0.15) is 19.2 Å². The van der Waals surface area contributed by atoms with Crippen LogP contribution in [0.25, 0.3) is 11.4 Å². The molecule has 1 aromatic carbocycles. The van der Waals surface area contributed by atoms with Crippen LogP contribution in [0.15, 0.2) is 30.3 Å². The molecule has 0 fully saturated rings. The lowest BCUT2D eigenvalue weighted by Crippen LogP contribution is -2.42. The van der Waals surface area contributed by atoms with Gasteiger partial charge < -0.3 is 5.32 Å². The lowest BCUT2D eigenvalue weighted by Gasteiger charge is -2.22. The van der Waals surface area contributed by atoms with Crippen LogP contribution in [-0.2, 0) is 11.3 Å². The van der Waals surface area contributed by atoms with E-state index >= 15 is 0 Å². The maximum absolute atomic E-state index is 13.1. The molecule has 1 amide bonds. The maximum atomic E-state index is 13.1. The molecule has 23 heavy (non-hydrogen) atoms. The quantitative estimate of drug-likeness (QED) is 0.800. The van der Waals surface area contributed by atoms with Crippen LogP contribution in [0.4, 0.5) is 17.6 Å². The van der Waals surface area contributed by atoms with Gasteiger partial charge in [0, 0.05) is 12.5 Å². The first kappa shape index (κ1) is 16.9. The van der Waals surface area contributed by atoms with Gasteiger partial charge >= 0.3 is 11.8 Å². The normalized spacial score (nSPS) is 12.2. The van der Waals surface area contributed by atoms with Crippen LogP contribution >= 0.6 is 0 Å². The Kier molecular flexibility index (Phi) is 4.67. The van der Waals surface area contributed by atoms with Crippen molar-refractivity contribution in [2.24, 2.45) is 0 Å². The van der Waals surface area contributed by atoms with E-state index in [1.807, 2.05) is 6.07 Å². The molecular weight excluding hydrogens is 316 g/mol. The number of carbonyl (C=O) groups excluding carboxylic acids is 1. The Balaban J connectivity index is 1.92. The van der Waals surface area contributed by atoms with Gasteiger partial charge in [-0.15, -0.1) is 0 Å². The van der Waals surface area contributed by atoms with E-state index in [4.69, 9.17) is 0 Å². The highest BCUT2D eigenvalue weighted by molar-refractivity contribution is 5.76. The number of nitrogens with one attached hydrogen (secondary N) is 2. The zero-order chi connectivity index (χ0) is 17.1. The Bertz CT molecular complexity index is 667. The SMILES string of the molecule is CC(F)(F)C(F)(F)CC(=O)NCc1nc(-c2ccccc2)n[nH]1. The van der Waals surface area contributed by atoms with Crippen LogP contribution in [0.5, 0.6) is 0 Å². The summed E-state index contributed by atoms with van der Waals surface area (Å²) in [6, 6.07) is 8.95. The van der Waals surface area contributed by atoms with E-state index in [0.717, 1.165) is 5.56 Å². The van der Waals surface area contributed by atoms with Crippen LogP contribution in [0.2, 0.25) is 0 Å². The molecule has 0 aliphatic rings. The topological polar surface area (TPSA) is 70.7 Å². The Hall–Kier alpha value is -2.45. The molecule has 0 aliphatic heterocycles. The van der Waals surface area contributed by atoms with Crippen molar-refractivity contribution in [3.8, 4) is 11.4 Å². The fourth-order valence-corrected chi connectivity index (χ4v) is 1.69. The summed E-state index contributed by atoms with van der Waals surface area (Å²) in [6.45, 7) is -0.146. The second-order valence-corrected chi connectivity index (χ2v) is 5.02. The van der Waals surface area contributed by atoms with Gasteiger partial charge in [-0.1, -0.05) is 30.3 Å². The number of hydrogen-bond acceptors (Lipinski definition) is 3. The second kappa shape index (κ2) is 6.35. The standard InChI is InChI=1S/C14H14F4N4O/c1-13(15,16)14(17,18)7-11(23)19-8-10-20-12(22-21-10)9-5-3-2-4-6-9/h2-6H,7-8H2,1H3,(H,19,23)(H,20,21,22). The minimum atomic E-state index is -4.41. The molecule has 0 aliphatic carbocycles. The van der Waals surface area contributed by atoms with E-state index in [1.54, 1.807) is 24.3 Å². The average Bonchev–Trinajstić information content (AvgIpc) is 2.93. The van der Waals surface area contributed by atoms with Crippen molar-refractivity contribution >= 4 is 5.91 Å². The van der Waals surface area contributed by atoms with Gasteiger partial charge in [0.2, 0.25) is 5.91 Å². The smallest absolute Gasteiger partial charge is 0.318 e. The number of carbonyl (C=O) groups is 1. The van der Waals surface area contributed by atoms with Gasteiger partial charge in [0.1, 0.15) is 5.82 Å². The molecule has 2 N–H and O–H groups in total. The molecule has 9 heteroatoms. The zero-order valence-electron chi connectivity index (χ0n) is 12.1. The lowest BCUT2D eigenvalue weighted by atomic mass is 10.1. The van der Waals surface area contributed by atoms with Gasteiger partial charge in [-0.3, -0.25) is 9.89 Å². The van der Waals surface area contributed by atoms with Crippen molar-refractivity contribution in [3.63, 3.8) is 0 Å². The van der Waals surface area contributed by atoms with Crippen LogP contribution < -0.4 is 5.32 Å². The van der Waals surface area contributed by atoms with Crippen molar-refractivity contribution in [2.75, 3.05) is 0 Å². The summed E-state index contributed by atoms with van der Waals surface area (Å²) in [5.41, 5.74) is 0.735. The predicted molar refractivity (Wildman–Crippen MR) is 73.9 cm³/mol. The van der Waals surface area contributed by atoms with Gasteiger partial charge in [-0.05, 0) is 0 Å². The van der Waals surface area contributed by atoms with E-state index in [-0.39, 0.29) is 19.3 Å². The van der Waals surface area contributed by atoms with E-state index < -0.39 is 24.2 Å². The fraction of sp³-hybridized carbons (Fsp3) is 0.357. The highest BCUT2D eigenvalue weighted by Gasteiger charge is 2.53. The largest absolute Gasteiger partial charge is 0.349 e. The van der Waals surface area contributed by atoms with Crippen molar-refractivity contribution in [1.29, 1.82) is 0 Å². The number of benzene rings is 1. The van der Waals surface area contributed by atoms with Crippen LogP contribution in [-0.4, -0.2) is 32.9 Å². The molecule has 2 aromatic rings. The number of aromatic amines is 1. The third-order valence-corrected chi connectivity index (χ3v) is 3.04. The van der Waals surface area contributed by atoms with Gasteiger partial charge in [-0.25, -0.2) is 13.8 Å². The molecule has 1 heterocycles. The van der Waals surface area contributed by atoms with Crippen molar-refractivity contribution < 1.29 is 22.4 Å². The number of rotatable bonds is 6. The summed E-state index contributed by atoms with van der Waals surface area (Å²) in [4.78, 5) is 15.4. The molecule has 0 bridgehead atoms. The Labute approximate surface area is 129 Å². The summed E-state index contributed by atoms with van der Waals surface area (Å²) in [5.74, 6) is -9.27. The Morgan fingerprint density at radius 1 is 1.22 bits per heavy atom. The molecule has 1 aromatic heterocycles. The third kappa shape index (κ3) is 4.27. The van der Waals surface area contributed by atoms with Crippen LogP contribution in [0, 0.1) is 0 Å². The molecule has 124 valence electrons. The van der Waals surface area contributed by atoms with Gasteiger partial charge in [0.05, 0.1) is 13.0 Å². The molecule has 2 rings (SSSR count). The van der Waals surface area contributed by atoms with Gasteiger partial charge in [0.15, 0.2) is 5.82 Å². The molecule has 0 radical (unpaired) electrons. The summed E-state index contributed by atoms with van der Waals surface area (Å²) >= 11 is 0. The first-order chi connectivity index (χ1) is 10.7. The fourth-order valence-electron chi connectivity index (χ4n) is 1.69. The second-order valence-electron chi connectivity index (χ2n) is 5.02. The number of nitrogens with zero attached hydrogens (tertiary/aromatic N) is 2. The number of amides is 1. The number of halogens is 4. The minimum Gasteiger partial charge on any atom is -0.349 e. The van der Waals surface area contributed by atoms with E-state index in [2.05, 4.69) is 20.5 Å². The number of alkyl halides is 4. The summed E-state index contributed by atoms with van der Waals surface area (Å²) < 4.78 is 51.5. The van der Waals surface area contributed by atoms with Crippen LogP contribution in [0.3, 0.4) is 0 Å². The molecular formula is C14H14F4N4O. The van der Waals surface area contributed by atoms with Gasteiger partial charge in [0.25, 0.3) is 0 Å². The number of H-pyrrole nitrogens is 1. The highest BCUT2D eigenvalue weighted by atomic mass is 19.3. The maximum Gasteiger partial charge on any atom is 0.318 e. The summed E-state index contributed by atoms with van der Waals surface area (Å²) in [7, 11) is 0. The molecule has 0 saturated carbocycles.